The van der Waals surface area contributed by atoms with E-state index in [4.69, 9.17) is 4.74 Å². The number of nitriles is 1. The highest BCUT2D eigenvalue weighted by Crippen LogP contribution is 2.18. The van der Waals surface area contributed by atoms with Crippen molar-refractivity contribution in [2.45, 2.75) is 6.42 Å². The Morgan fingerprint density at radius 3 is 2.38 bits per heavy atom. The van der Waals surface area contributed by atoms with Crippen molar-refractivity contribution in [3.8, 4) is 11.8 Å². The smallest absolute Gasteiger partial charge is 0.266 e. The monoisotopic (exact) mass is 386 g/mol. The van der Waals surface area contributed by atoms with Crippen LogP contribution in [0.1, 0.15) is 16.7 Å². The average molecular weight is 386 g/mol. The summed E-state index contributed by atoms with van der Waals surface area (Å²) in [5, 5.41) is 12.0. The van der Waals surface area contributed by atoms with Crippen LogP contribution in [0.3, 0.4) is 0 Å². The Morgan fingerprint density at radius 2 is 1.76 bits per heavy atom. The molecule has 0 unspecified atom stereocenters. The predicted molar refractivity (Wildman–Crippen MR) is 111 cm³/mol. The summed E-state index contributed by atoms with van der Waals surface area (Å²) in [6.45, 7) is 0. The third-order valence-corrected chi connectivity index (χ3v) is 4.36. The number of nitrogens with zero attached hydrogens (tertiary/aromatic N) is 1. The van der Waals surface area contributed by atoms with Crippen molar-refractivity contribution in [1.29, 1.82) is 5.26 Å². The summed E-state index contributed by atoms with van der Waals surface area (Å²) in [5.74, 6) is -0.0546. The van der Waals surface area contributed by atoms with Crippen molar-refractivity contribution in [3.05, 3.63) is 101 Å². The Morgan fingerprint density at radius 1 is 1.07 bits per heavy atom. The van der Waals surface area contributed by atoms with Crippen LogP contribution in [-0.4, -0.2) is 13.0 Å². The first-order chi connectivity index (χ1) is 14.1. The van der Waals surface area contributed by atoms with Crippen molar-refractivity contribution >= 4 is 17.7 Å². The summed E-state index contributed by atoms with van der Waals surface area (Å²) in [6, 6.07) is 22.7. The van der Waals surface area contributed by atoms with Gasteiger partial charge in [0.25, 0.3) is 5.91 Å². The summed E-state index contributed by atoms with van der Waals surface area (Å²) in [6.07, 6.45) is 1.99. The zero-order valence-corrected chi connectivity index (χ0v) is 15.9. The van der Waals surface area contributed by atoms with Gasteiger partial charge in [-0.15, -0.1) is 0 Å². The number of amides is 1. The second-order valence-corrected chi connectivity index (χ2v) is 6.36. The van der Waals surface area contributed by atoms with Crippen LogP contribution in [0.15, 0.2) is 78.4 Å². The molecular weight excluding hydrogens is 367 g/mol. The summed E-state index contributed by atoms with van der Waals surface area (Å²) < 4.78 is 18.9. The number of carbonyl (C=O) groups is 1. The van der Waals surface area contributed by atoms with Crippen LogP contribution in [0, 0.1) is 17.1 Å². The molecule has 3 aromatic rings. The number of ether oxygens (including phenoxy) is 1. The molecule has 0 atom stereocenters. The minimum atomic E-state index is -0.493. The van der Waals surface area contributed by atoms with Gasteiger partial charge in [0.2, 0.25) is 0 Å². The van der Waals surface area contributed by atoms with E-state index in [0.717, 1.165) is 5.56 Å². The molecule has 4 nitrogen and oxygen atoms in total. The number of halogens is 1. The van der Waals surface area contributed by atoms with Gasteiger partial charge in [0.15, 0.2) is 0 Å². The van der Waals surface area contributed by atoms with Crippen molar-refractivity contribution in [2.75, 3.05) is 12.4 Å². The van der Waals surface area contributed by atoms with Gasteiger partial charge in [0.1, 0.15) is 23.2 Å². The lowest BCUT2D eigenvalue weighted by atomic mass is 10.0. The molecule has 0 radical (unpaired) electrons. The Balaban J connectivity index is 1.70. The molecule has 0 bridgehead atoms. The van der Waals surface area contributed by atoms with Crippen molar-refractivity contribution in [1.82, 2.24) is 0 Å². The molecule has 0 aliphatic rings. The molecule has 29 heavy (non-hydrogen) atoms. The normalized spacial score (nSPS) is 10.9. The molecule has 0 saturated carbocycles. The van der Waals surface area contributed by atoms with E-state index in [1.807, 2.05) is 18.2 Å². The van der Waals surface area contributed by atoms with Crippen molar-refractivity contribution < 1.29 is 13.9 Å². The van der Waals surface area contributed by atoms with Crippen molar-refractivity contribution in [2.24, 2.45) is 0 Å². The Hall–Kier alpha value is -3.91. The fourth-order valence-electron chi connectivity index (χ4n) is 2.78. The highest BCUT2D eigenvalue weighted by Gasteiger charge is 2.10. The maximum absolute atomic E-state index is 13.8. The summed E-state index contributed by atoms with van der Waals surface area (Å²) in [4.78, 5) is 12.4. The summed E-state index contributed by atoms with van der Waals surface area (Å²) in [5.41, 5.74) is 2.82. The molecule has 0 saturated heterocycles. The number of benzene rings is 3. The second kappa shape index (κ2) is 9.34. The molecule has 1 amide bonds. The molecule has 3 rings (SSSR count). The van der Waals surface area contributed by atoms with Crippen LogP contribution < -0.4 is 10.1 Å². The standard InChI is InChI=1S/C24H19FN2O2/c1-29-22-12-10-21(11-13-22)27-24(28)20(16-26)15-18-8-6-17(7-9-18)14-19-4-2-3-5-23(19)25/h2-13,15H,14H2,1H3,(H,27,28)/b20-15+. The highest BCUT2D eigenvalue weighted by molar-refractivity contribution is 6.09. The lowest BCUT2D eigenvalue weighted by Gasteiger charge is -2.06. The Labute approximate surface area is 168 Å². The molecule has 0 fully saturated rings. The minimum absolute atomic E-state index is 0.0114. The molecule has 0 aromatic heterocycles. The summed E-state index contributed by atoms with van der Waals surface area (Å²) >= 11 is 0. The number of rotatable bonds is 6. The van der Waals surface area contributed by atoms with Crippen LogP contribution in [-0.2, 0) is 11.2 Å². The molecule has 0 heterocycles. The lowest BCUT2D eigenvalue weighted by molar-refractivity contribution is -0.112. The van der Waals surface area contributed by atoms with E-state index in [-0.39, 0.29) is 11.4 Å². The zero-order chi connectivity index (χ0) is 20.6. The SMILES string of the molecule is COc1ccc(NC(=O)/C(C#N)=C/c2ccc(Cc3ccccc3F)cc2)cc1. The molecule has 5 heteroatoms. The third-order valence-electron chi connectivity index (χ3n) is 4.36. The molecule has 3 aromatic carbocycles. The van der Waals surface area contributed by atoms with Crippen molar-refractivity contribution in [3.63, 3.8) is 0 Å². The molecule has 144 valence electrons. The van der Waals surface area contributed by atoms with Crippen LogP contribution >= 0.6 is 0 Å². The third kappa shape index (κ3) is 5.30. The molecule has 0 aliphatic carbocycles. The molecule has 0 aliphatic heterocycles. The topological polar surface area (TPSA) is 62.1 Å². The Bertz CT molecular complexity index is 1070. The van der Waals surface area contributed by atoms with Crippen LogP contribution in [0.5, 0.6) is 5.75 Å². The predicted octanol–water partition coefficient (Wildman–Crippen LogP) is 4.97. The quantitative estimate of drug-likeness (QED) is 0.481. The fourth-order valence-corrected chi connectivity index (χ4v) is 2.78. The number of hydrogen-bond donors (Lipinski definition) is 1. The molecule has 0 spiro atoms. The average Bonchev–Trinajstić information content (AvgIpc) is 2.75. The first-order valence-electron chi connectivity index (χ1n) is 8.98. The van der Waals surface area contributed by atoms with Gasteiger partial charge in [-0.1, -0.05) is 42.5 Å². The van der Waals surface area contributed by atoms with E-state index in [0.29, 0.717) is 29.0 Å². The van der Waals surface area contributed by atoms with Gasteiger partial charge in [-0.05, 0) is 53.1 Å². The van der Waals surface area contributed by atoms with E-state index in [1.165, 1.54) is 12.1 Å². The second-order valence-electron chi connectivity index (χ2n) is 6.36. The van der Waals surface area contributed by atoms with Gasteiger partial charge < -0.3 is 10.1 Å². The van der Waals surface area contributed by atoms with Gasteiger partial charge in [0.05, 0.1) is 7.11 Å². The maximum Gasteiger partial charge on any atom is 0.266 e. The van der Waals surface area contributed by atoms with Gasteiger partial charge >= 0.3 is 0 Å². The van der Waals surface area contributed by atoms with Gasteiger partial charge in [-0.3, -0.25) is 4.79 Å². The minimum Gasteiger partial charge on any atom is -0.497 e. The number of hydrogen-bond acceptors (Lipinski definition) is 3. The highest BCUT2D eigenvalue weighted by atomic mass is 19.1. The van der Waals surface area contributed by atoms with E-state index < -0.39 is 5.91 Å². The van der Waals surface area contributed by atoms with Gasteiger partial charge in [0, 0.05) is 12.1 Å². The van der Waals surface area contributed by atoms with E-state index in [2.05, 4.69) is 5.32 Å². The number of methoxy groups -OCH3 is 1. The van der Waals surface area contributed by atoms with Crippen LogP contribution in [0.25, 0.3) is 6.08 Å². The largest absolute Gasteiger partial charge is 0.497 e. The van der Waals surface area contributed by atoms with Crippen LogP contribution in [0.2, 0.25) is 0 Å². The first kappa shape index (κ1) is 19.8. The molecular formula is C24H19FN2O2. The number of nitrogens with one attached hydrogen (secondary N) is 1. The van der Waals surface area contributed by atoms with E-state index in [1.54, 1.807) is 61.7 Å². The van der Waals surface area contributed by atoms with Crippen LogP contribution in [0.4, 0.5) is 10.1 Å². The number of anilines is 1. The fraction of sp³-hybridized carbons (Fsp3) is 0.0833. The zero-order valence-electron chi connectivity index (χ0n) is 15.9. The lowest BCUT2D eigenvalue weighted by Crippen LogP contribution is -2.13. The van der Waals surface area contributed by atoms with Gasteiger partial charge in [-0.25, -0.2) is 4.39 Å². The first-order valence-corrected chi connectivity index (χ1v) is 8.98. The maximum atomic E-state index is 13.8. The van der Waals surface area contributed by atoms with E-state index in [9.17, 15) is 14.4 Å². The van der Waals surface area contributed by atoms with E-state index >= 15 is 0 Å². The number of carbonyl (C=O) groups excluding carboxylic acids is 1. The van der Waals surface area contributed by atoms with Gasteiger partial charge in [-0.2, -0.15) is 5.26 Å². The summed E-state index contributed by atoms with van der Waals surface area (Å²) in [7, 11) is 1.56. The molecule has 1 N–H and O–H groups in total. The Kier molecular flexibility index (Phi) is 6.39.